The van der Waals surface area contributed by atoms with E-state index < -0.39 is 6.10 Å². The van der Waals surface area contributed by atoms with Gasteiger partial charge in [0.1, 0.15) is 23.4 Å². The summed E-state index contributed by atoms with van der Waals surface area (Å²) in [6, 6.07) is 7.31. The molecule has 1 aromatic rings. The Morgan fingerprint density at radius 3 is 2.86 bits per heavy atom. The highest BCUT2D eigenvalue weighted by Gasteiger charge is 2.09. The van der Waals surface area contributed by atoms with Gasteiger partial charge >= 0.3 is 0 Å². The van der Waals surface area contributed by atoms with Crippen LogP contribution in [0.5, 0.6) is 5.75 Å². The van der Waals surface area contributed by atoms with Crippen molar-refractivity contribution in [2.24, 2.45) is 5.73 Å². The Kier molecular flexibility index (Phi) is 8.27. The second kappa shape index (κ2) is 9.71. The van der Waals surface area contributed by atoms with Gasteiger partial charge in [-0.25, -0.2) is 0 Å². The molecule has 0 bridgehead atoms. The van der Waals surface area contributed by atoms with Crippen molar-refractivity contribution in [3.05, 3.63) is 29.8 Å². The first-order valence-corrected chi connectivity index (χ1v) is 7.83. The summed E-state index contributed by atoms with van der Waals surface area (Å²) < 4.78 is 5.59. The molecular weight excluding hydrogens is 284 g/mol. The number of rotatable bonds is 10. The van der Waals surface area contributed by atoms with Crippen molar-refractivity contribution in [1.82, 2.24) is 4.90 Å². The lowest BCUT2D eigenvalue weighted by atomic mass is 10.2. The second-order valence-corrected chi connectivity index (χ2v) is 5.77. The maximum Gasteiger partial charge on any atom is 0.120 e. The number of benzene rings is 1. The van der Waals surface area contributed by atoms with Crippen LogP contribution in [0.2, 0.25) is 0 Å². The van der Waals surface area contributed by atoms with Gasteiger partial charge in [0.15, 0.2) is 0 Å². The number of aliphatic hydroxyl groups excluding tert-OH is 1. The molecule has 0 fully saturated rings. The molecule has 0 spiro atoms. The number of ether oxygens (including phenoxy) is 1. The Balaban J connectivity index is 2.33. The van der Waals surface area contributed by atoms with E-state index in [1.165, 1.54) is 12.8 Å². The topological polar surface area (TPSA) is 58.7 Å². The molecular formula is C16H26N2O2S. The second-order valence-electron chi connectivity index (χ2n) is 5.33. The van der Waals surface area contributed by atoms with E-state index in [0.29, 0.717) is 17.3 Å². The fraction of sp³-hybridized carbons (Fsp3) is 0.562. The molecule has 0 amide bonds. The van der Waals surface area contributed by atoms with Crippen LogP contribution in [0.15, 0.2) is 24.3 Å². The average Bonchev–Trinajstić information content (AvgIpc) is 2.45. The smallest absolute Gasteiger partial charge is 0.120 e. The van der Waals surface area contributed by atoms with Crippen molar-refractivity contribution in [2.45, 2.75) is 32.3 Å². The first kappa shape index (κ1) is 17.9. The molecule has 1 atom stereocenters. The Hall–Kier alpha value is -1.17. The summed E-state index contributed by atoms with van der Waals surface area (Å²) in [4.78, 5) is 2.48. The molecule has 4 nitrogen and oxygen atoms in total. The minimum Gasteiger partial charge on any atom is -0.491 e. The summed E-state index contributed by atoms with van der Waals surface area (Å²) in [5.74, 6) is 0.674. The first-order chi connectivity index (χ1) is 10.0. The van der Waals surface area contributed by atoms with Crippen LogP contribution in [0.3, 0.4) is 0 Å². The van der Waals surface area contributed by atoms with Gasteiger partial charge in [-0.15, -0.1) is 0 Å². The zero-order valence-electron chi connectivity index (χ0n) is 12.9. The highest BCUT2D eigenvalue weighted by Crippen LogP contribution is 2.13. The minimum absolute atomic E-state index is 0.263. The molecule has 1 rings (SSSR count). The maximum absolute atomic E-state index is 10.00. The Morgan fingerprint density at radius 1 is 1.43 bits per heavy atom. The van der Waals surface area contributed by atoms with E-state index in [9.17, 15) is 5.11 Å². The average molecular weight is 310 g/mol. The summed E-state index contributed by atoms with van der Waals surface area (Å²) in [7, 11) is 2.02. The van der Waals surface area contributed by atoms with Gasteiger partial charge in [-0.3, -0.25) is 0 Å². The molecule has 0 aliphatic rings. The normalized spacial score (nSPS) is 12.4. The molecule has 1 unspecified atom stereocenters. The van der Waals surface area contributed by atoms with Crippen LogP contribution in [-0.2, 0) is 0 Å². The highest BCUT2D eigenvalue weighted by molar-refractivity contribution is 7.80. The van der Waals surface area contributed by atoms with Crippen LogP contribution < -0.4 is 10.5 Å². The number of nitrogens with two attached hydrogens (primary N) is 1. The molecule has 0 radical (unpaired) electrons. The largest absolute Gasteiger partial charge is 0.491 e. The zero-order chi connectivity index (χ0) is 15.7. The lowest BCUT2D eigenvalue weighted by molar-refractivity contribution is 0.0759. The zero-order valence-corrected chi connectivity index (χ0v) is 13.7. The lowest BCUT2D eigenvalue weighted by Gasteiger charge is -2.20. The fourth-order valence-electron chi connectivity index (χ4n) is 2.07. The molecule has 0 saturated heterocycles. The molecule has 0 aromatic heterocycles. The van der Waals surface area contributed by atoms with Crippen molar-refractivity contribution in [2.75, 3.05) is 26.7 Å². The molecule has 0 aliphatic carbocycles. The van der Waals surface area contributed by atoms with Crippen LogP contribution in [0.25, 0.3) is 0 Å². The molecule has 0 aliphatic heterocycles. The van der Waals surface area contributed by atoms with Crippen molar-refractivity contribution < 1.29 is 9.84 Å². The summed E-state index contributed by atoms with van der Waals surface area (Å²) in [5, 5.41) is 10.00. The van der Waals surface area contributed by atoms with Gasteiger partial charge in [-0.1, -0.05) is 44.1 Å². The summed E-state index contributed by atoms with van der Waals surface area (Å²) >= 11 is 4.93. The molecule has 0 saturated carbocycles. The Morgan fingerprint density at radius 2 is 2.19 bits per heavy atom. The number of nitrogens with zero attached hydrogens (tertiary/aromatic N) is 1. The van der Waals surface area contributed by atoms with E-state index in [1.54, 1.807) is 6.07 Å². The Labute approximate surface area is 132 Å². The lowest BCUT2D eigenvalue weighted by Crippen LogP contribution is -2.33. The minimum atomic E-state index is -0.509. The summed E-state index contributed by atoms with van der Waals surface area (Å²) in [5.41, 5.74) is 6.35. The standard InChI is InChI=1S/C16H26N2O2S/c1-3-4-5-9-18(2)11-14(19)12-20-15-8-6-7-13(10-15)16(17)21/h6-8,10,14,19H,3-5,9,11-12H2,1-2H3,(H2,17,21). The fourth-order valence-corrected chi connectivity index (χ4v) is 2.19. The number of likely N-dealkylation sites (N-methyl/N-ethyl adjacent to an activating group) is 1. The summed E-state index contributed by atoms with van der Waals surface area (Å²) in [6.45, 7) is 4.06. The van der Waals surface area contributed by atoms with Gasteiger partial charge in [0, 0.05) is 12.1 Å². The predicted octanol–water partition coefficient (Wildman–Crippen LogP) is 2.18. The predicted molar refractivity (Wildman–Crippen MR) is 90.9 cm³/mol. The van der Waals surface area contributed by atoms with E-state index in [0.717, 1.165) is 18.5 Å². The third-order valence-corrected chi connectivity index (χ3v) is 3.46. The van der Waals surface area contributed by atoms with Gasteiger partial charge in [0.2, 0.25) is 0 Å². The van der Waals surface area contributed by atoms with Gasteiger partial charge in [-0.05, 0) is 32.1 Å². The van der Waals surface area contributed by atoms with E-state index in [2.05, 4.69) is 11.8 Å². The third-order valence-electron chi connectivity index (χ3n) is 3.23. The van der Waals surface area contributed by atoms with Crippen molar-refractivity contribution >= 4 is 17.2 Å². The van der Waals surface area contributed by atoms with Gasteiger partial charge in [-0.2, -0.15) is 0 Å². The van der Waals surface area contributed by atoms with E-state index >= 15 is 0 Å². The van der Waals surface area contributed by atoms with Crippen LogP contribution >= 0.6 is 12.2 Å². The van der Waals surface area contributed by atoms with Crippen LogP contribution in [-0.4, -0.2) is 47.8 Å². The number of aliphatic hydroxyl groups is 1. The molecule has 5 heteroatoms. The number of hydrogen-bond donors (Lipinski definition) is 2. The molecule has 3 N–H and O–H groups in total. The first-order valence-electron chi connectivity index (χ1n) is 7.42. The molecule has 1 aromatic carbocycles. The highest BCUT2D eigenvalue weighted by atomic mass is 32.1. The van der Waals surface area contributed by atoms with E-state index in [-0.39, 0.29) is 6.61 Å². The quantitative estimate of drug-likeness (QED) is 0.512. The van der Waals surface area contributed by atoms with Crippen molar-refractivity contribution in [3.63, 3.8) is 0 Å². The monoisotopic (exact) mass is 310 g/mol. The maximum atomic E-state index is 10.00. The summed E-state index contributed by atoms with van der Waals surface area (Å²) in [6.07, 6.45) is 3.09. The van der Waals surface area contributed by atoms with E-state index in [4.69, 9.17) is 22.7 Å². The molecule has 118 valence electrons. The number of hydrogen-bond acceptors (Lipinski definition) is 4. The van der Waals surface area contributed by atoms with Gasteiger partial charge in [0.25, 0.3) is 0 Å². The van der Waals surface area contributed by atoms with Crippen molar-refractivity contribution in [3.8, 4) is 5.75 Å². The van der Waals surface area contributed by atoms with Crippen molar-refractivity contribution in [1.29, 1.82) is 0 Å². The Bertz CT molecular complexity index is 440. The number of thiocarbonyl (C=S) groups is 1. The van der Waals surface area contributed by atoms with Gasteiger partial charge < -0.3 is 20.5 Å². The van der Waals surface area contributed by atoms with Crippen LogP contribution in [0, 0.1) is 0 Å². The molecule has 21 heavy (non-hydrogen) atoms. The van der Waals surface area contributed by atoms with E-state index in [1.807, 2.05) is 25.2 Å². The molecule has 0 heterocycles. The van der Waals surface area contributed by atoms with Gasteiger partial charge in [0.05, 0.1) is 0 Å². The SMILES string of the molecule is CCCCCN(C)CC(O)COc1cccc(C(N)=S)c1. The third kappa shape index (κ3) is 7.41. The van der Waals surface area contributed by atoms with Crippen LogP contribution in [0.4, 0.5) is 0 Å². The van der Waals surface area contributed by atoms with Crippen LogP contribution in [0.1, 0.15) is 31.7 Å². The number of unbranched alkanes of at least 4 members (excludes halogenated alkanes) is 2.